The van der Waals surface area contributed by atoms with Gasteiger partial charge in [-0.2, -0.15) is 11.8 Å². The van der Waals surface area contributed by atoms with Crippen LogP contribution in [-0.2, 0) is 15.6 Å². The Labute approximate surface area is 173 Å². The SMILES string of the molecule is COc1ccc(CSC2CNC(C(n3nnc(C(N)=O)c3N)S(C)(=O)=O)C2)cc1. The van der Waals surface area contributed by atoms with Crippen molar-refractivity contribution in [3.8, 4) is 5.75 Å². The molecule has 1 aliphatic rings. The van der Waals surface area contributed by atoms with Gasteiger partial charge in [0, 0.05) is 29.8 Å². The van der Waals surface area contributed by atoms with Crippen LogP contribution in [0.3, 0.4) is 0 Å². The zero-order valence-corrected chi connectivity index (χ0v) is 17.7. The number of thioether (sulfide) groups is 1. The van der Waals surface area contributed by atoms with Crippen LogP contribution in [-0.4, -0.2) is 60.5 Å². The van der Waals surface area contributed by atoms with Gasteiger partial charge >= 0.3 is 0 Å². The van der Waals surface area contributed by atoms with Crippen LogP contribution in [0.15, 0.2) is 24.3 Å². The fraction of sp³-hybridized carbons (Fsp3) is 0.471. The van der Waals surface area contributed by atoms with Crippen molar-refractivity contribution in [2.45, 2.75) is 28.8 Å². The summed E-state index contributed by atoms with van der Waals surface area (Å²) in [7, 11) is -1.97. The van der Waals surface area contributed by atoms with E-state index in [0.29, 0.717) is 13.0 Å². The summed E-state index contributed by atoms with van der Waals surface area (Å²) in [6.45, 7) is 0.648. The summed E-state index contributed by atoms with van der Waals surface area (Å²) in [4.78, 5) is 11.4. The largest absolute Gasteiger partial charge is 0.497 e. The number of aromatic nitrogens is 3. The summed E-state index contributed by atoms with van der Waals surface area (Å²) in [5, 5.41) is 9.81. The van der Waals surface area contributed by atoms with Crippen molar-refractivity contribution >= 4 is 33.3 Å². The van der Waals surface area contributed by atoms with Gasteiger partial charge in [0.2, 0.25) is 0 Å². The summed E-state index contributed by atoms with van der Waals surface area (Å²) in [5.74, 6) is 0.597. The molecule has 1 aliphatic heterocycles. The van der Waals surface area contributed by atoms with Crippen molar-refractivity contribution in [2.75, 3.05) is 25.6 Å². The summed E-state index contributed by atoms with van der Waals surface area (Å²) >= 11 is 1.74. The number of rotatable bonds is 8. The van der Waals surface area contributed by atoms with Gasteiger partial charge in [0.1, 0.15) is 5.75 Å². The number of primary amides is 1. The number of ether oxygens (including phenoxy) is 1. The zero-order valence-electron chi connectivity index (χ0n) is 16.1. The maximum absolute atomic E-state index is 12.5. The molecule has 0 spiro atoms. The highest BCUT2D eigenvalue weighted by molar-refractivity contribution is 7.99. The highest BCUT2D eigenvalue weighted by Crippen LogP contribution is 2.32. The lowest BCUT2D eigenvalue weighted by molar-refractivity contribution is 0.0996. The van der Waals surface area contributed by atoms with Gasteiger partial charge in [0.25, 0.3) is 5.91 Å². The number of nitrogens with one attached hydrogen (secondary N) is 1. The number of nitrogen functional groups attached to an aromatic ring is 1. The van der Waals surface area contributed by atoms with Crippen molar-refractivity contribution in [3.63, 3.8) is 0 Å². The van der Waals surface area contributed by atoms with E-state index < -0.39 is 27.2 Å². The minimum Gasteiger partial charge on any atom is -0.497 e. The Bertz CT molecular complexity index is 976. The molecule has 3 unspecified atom stereocenters. The minimum atomic E-state index is -3.59. The standard InChI is InChI=1S/C17H24N6O4S2/c1-27-11-5-3-10(4-6-11)9-28-12-7-13(20-8-12)17(29(2,25)26)23-15(18)14(16(19)24)21-22-23/h3-6,12-13,17,20H,7-9,18H2,1-2H3,(H2,19,24). The number of hydrogen-bond acceptors (Lipinski definition) is 9. The minimum absolute atomic E-state index is 0.149. The van der Waals surface area contributed by atoms with Crippen molar-refractivity contribution < 1.29 is 17.9 Å². The van der Waals surface area contributed by atoms with Gasteiger partial charge in [0.15, 0.2) is 26.7 Å². The third kappa shape index (κ3) is 4.82. The second-order valence-corrected chi connectivity index (χ2v) is 10.3. The maximum Gasteiger partial charge on any atom is 0.273 e. The number of nitrogens with zero attached hydrogens (tertiary/aromatic N) is 3. The highest BCUT2D eigenvalue weighted by atomic mass is 32.2. The Hall–Kier alpha value is -2.31. The monoisotopic (exact) mass is 440 g/mol. The summed E-state index contributed by atoms with van der Waals surface area (Å²) in [5.41, 5.74) is 12.0. The second kappa shape index (κ2) is 8.59. The van der Waals surface area contributed by atoms with E-state index in [0.717, 1.165) is 28.0 Å². The van der Waals surface area contributed by atoms with Crippen LogP contribution < -0.4 is 21.5 Å². The van der Waals surface area contributed by atoms with Gasteiger partial charge in [-0.3, -0.25) is 4.79 Å². The Balaban J connectivity index is 1.70. The molecular formula is C17H24N6O4S2. The van der Waals surface area contributed by atoms with E-state index in [1.54, 1.807) is 18.9 Å². The van der Waals surface area contributed by atoms with Crippen LogP contribution in [0.2, 0.25) is 0 Å². The van der Waals surface area contributed by atoms with Crippen molar-refractivity contribution in [1.82, 2.24) is 20.3 Å². The van der Waals surface area contributed by atoms with E-state index in [4.69, 9.17) is 16.2 Å². The number of carbonyl (C=O) groups is 1. The molecule has 1 aromatic heterocycles. The molecule has 3 atom stereocenters. The number of nitrogens with two attached hydrogens (primary N) is 2. The van der Waals surface area contributed by atoms with E-state index in [1.807, 2.05) is 24.3 Å². The zero-order chi connectivity index (χ0) is 21.2. The molecule has 2 aromatic rings. The molecule has 5 N–H and O–H groups in total. The van der Waals surface area contributed by atoms with Gasteiger partial charge < -0.3 is 21.5 Å². The summed E-state index contributed by atoms with van der Waals surface area (Å²) in [6, 6.07) is 7.42. The number of amides is 1. The lowest BCUT2D eigenvalue weighted by Gasteiger charge is -2.23. The van der Waals surface area contributed by atoms with E-state index in [9.17, 15) is 13.2 Å². The smallest absolute Gasteiger partial charge is 0.273 e. The third-order valence-electron chi connectivity index (χ3n) is 4.76. The number of carbonyl (C=O) groups excluding carboxylic acids is 1. The molecule has 29 heavy (non-hydrogen) atoms. The summed E-state index contributed by atoms with van der Waals surface area (Å²) < 4.78 is 31.2. The lowest BCUT2D eigenvalue weighted by Crippen LogP contribution is -2.38. The lowest BCUT2D eigenvalue weighted by atomic mass is 10.2. The van der Waals surface area contributed by atoms with Crippen LogP contribution in [0.4, 0.5) is 5.82 Å². The fourth-order valence-corrected chi connectivity index (χ4v) is 5.83. The van der Waals surface area contributed by atoms with E-state index in [1.165, 1.54) is 0 Å². The Morgan fingerprint density at radius 2 is 2.10 bits per heavy atom. The molecule has 0 saturated carbocycles. The first-order valence-corrected chi connectivity index (χ1v) is 11.9. The van der Waals surface area contributed by atoms with Gasteiger partial charge in [-0.1, -0.05) is 17.3 Å². The first-order chi connectivity index (χ1) is 13.7. The second-order valence-electron chi connectivity index (χ2n) is 6.88. The van der Waals surface area contributed by atoms with Gasteiger partial charge in [-0.05, 0) is 24.1 Å². The quantitative estimate of drug-likeness (QED) is 0.521. The first-order valence-electron chi connectivity index (χ1n) is 8.88. The predicted molar refractivity (Wildman–Crippen MR) is 111 cm³/mol. The number of methoxy groups -OCH3 is 1. The average Bonchev–Trinajstić information content (AvgIpc) is 3.27. The molecule has 158 valence electrons. The molecular weight excluding hydrogens is 416 g/mol. The van der Waals surface area contributed by atoms with Crippen LogP contribution >= 0.6 is 11.8 Å². The topological polar surface area (TPSA) is 155 Å². The molecule has 1 saturated heterocycles. The molecule has 1 amide bonds. The molecule has 0 bridgehead atoms. The van der Waals surface area contributed by atoms with Crippen molar-refractivity contribution in [3.05, 3.63) is 35.5 Å². The highest BCUT2D eigenvalue weighted by Gasteiger charge is 2.40. The van der Waals surface area contributed by atoms with E-state index in [-0.39, 0.29) is 16.8 Å². The molecule has 0 aliphatic carbocycles. The number of hydrogen-bond donors (Lipinski definition) is 3. The van der Waals surface area contributed by atoms with Gasteiger partial charge in [0.05, 0.1) is 7.11 Å². The Morgan fingerprint density at radius 1 is 1.41 bits per heavy atom. The first kappa shape index (κ1) is 21.4. The van der Waals surface area contributed by atoms with Crippen molar-refractivity contribution in [2.24, 2.45) is 5.73 Å². The molecule has 2 heterocycles. The molecule has 12 heteroatoms. The normalized spacial score (nSPS) is 20.5. The van der Waals surface area contributed by atoms with Crippen LogP contribution in [0.25, 0.3) is 0 Å². The van der Waals surface area contributed by atoms with Crippen molar-refractivity contribution in [1.29, 1.82) is 0 Å². The Kier molecular flexibility index (Phi) is 6.34. The number of sulfone groups is 1. The number of anilines is 1. The molecule has 3 rings (SSSR count). The van der Waals surface area contributed by atoms with Gasteiger partial charge in [-0.15, -0.1) is 5.10 Å². The predicted octanol–water partition coefficient (Wildman–Crippen LogP) is 0.175. The average molecular weight is 441 g/mol. The number of benzene rings is 1. The van der Waals surface area contributed by atoms with Crippen LogP contribution in [0, 0.1) is 0 Å². The van der Waals surface area contributed by atoms with Crippen LogP contribution in [0.1, 0.15) is 27.8 Å². The third-order valence-corrected chi connectivity index (χ3v) is 7.49. The Morgan fingerprint density at radius 3 is 2.66 bits per heavy atom. The molecule has 10 nitrogen and oxygen atoms in total. The van der Waals surface area contributed by atoms with E-state index >= 15 is 0 Å². The van der Waals surface area contributed by atoms with Gasteiger partial charge in [-0.25, -0.2) is 13.1 Å². The fourth-order valence-electron chi connectivity index (χ4n) is 3.33. The van der Waals surface area contributed by atoms with E-state index in [2.05, 4.69) is 15.6 Å². The maximum atomic E-state index is 12.5. The molecule has 1 aromatic carbocycles. The summed E-state index contributed by atoms with van der Waals surface area (Å²) in [6.07, 6.45) is 1.71. The molecule has 0 radical (unpaired) electrons. The molecule has 1 fully saturated rings. The van der Waals surface area contributed by atoms with Crippen LogP contribution in [0.5, 0.6) is 5.75 Å².